The summed E-state index contributed by atoms with van der Waals surface area (Å²) in [6.45, 7) is 9.58. The quantitative estimate of drug-likeness (QED) is 0.212. The molecule has 2 N–H and O–H groups in total. The van der Waals surface area contributed by atoms with Gasteiger partial charge in [-0.1, -0.05) is 30.3 Å². The fraction of sp³-hybridized carbons (Fsp3) is 0.413. The van der Waals surface area contributed by atoms with Crippen molar-refractivity contribution in [2.45, 2.75) is 63.1 Å². The number of anilines is 2. The van der Waals surface area contributed by atoms with Crippen molar-refractivity contribution >= 4 is 29.1 Å². The fourth-order valence-electron chi connectivity index (χ4n) is 9.90. The van der Waals surface area contributed by atoms with Crippen LogP contribution in [0.5, 0.6) is 17.2 Å². The Bertz CT molecular complexity index is 2160. The van der Waals surface area contributed by atoms with Gasteiger partial charge >= 0.3 is 0 Å². The summed E-state index contributed by atoms with van der Waals surface area (Å²) < 4.78 is 12.0. The average Bonchev–Trinajstić information content (AvgIpc) is 3.55. The molecule has 0 aliphatic carbocycles. The Morgan fingerprint density at radius 2 is 1.56 bits per heavy atom. The minimum Gasteiger partial charge on any atom is -0.508 e. The summed E-state index contributed by atoms with van der Waals surface area (Å²) in [5.41, 5.74) is 7.46. The van der Waals surface area contributed by atoms with Crippen LogP contribution in [0.1, 0.15) is 77.1 Å². The molecule has 0 unspecified atom stereocenters. The second-order valence-corrected chi connectivity index (χ2v) is 16.4. The first-order valence-corrected chi connectivity index (χ1v) is 20.5. The Labute approximate surface area is 334 Å². The third kappa shape index (κ3) is 7.29. The van der Waals surface area contributed by atoms with Gasteiger partial charge in [0.2, 0.25) is 11.8 Å². The maximum absolute atomic E-state index is 13.2. The fourth-order valence-corrected chi connectivity index (χ4v) is 9.90. The second kappa shape index (κ2) is 15.4. The maximum atomic E-state index is 13.2. The molecule has 3 fully saturated rings. The first-order valence-electron chi connectivity index (χ1n) is 20.5. The number of nitrogens with zero attached hydrogens (tertiary/aromatic N) is 4. The van der Waals surface area contributed by atoms with E-state index in [0.717, 1.165) is 87.0 Å². The maximum Gasteiger partial charge on any atom is 0.255 e. The zero-order valence-corrected chi connectivity index (χ0v) is 32.7. The van der Waals surface area contributed by atoms with Gasteiger partial charge in [0, 0.05) is 99.2 Å². The third-order valence-electron chi connectivity index (χ3n) is 13.0. The minimum absolute atomic E-state index is 0.0546. The number of benzene rings is 4. The first kappa shape index (κ1) is 37.1. The predicted octanol–water partition coefficient (Wildman–Crippen LogP) is 5.90. The summed E-state index contributed by atoms with van der Waals surface area (Å²) in [5.74, 6) is 1.78. The monoisotopic (exact) mass is 769 g/mol. The van der Waals surface area contributed by atoms with Gasteiger partial charge in [-0.3, -0.25) is 24.6 Å². The van der Waals surface area contributed by atoms with Gasteiger partial charge in [-0.2, -0.15) is 0 Å². The van der Waals surface area contributed by atoms with E-state index in [1.807, 2.05) is 30.3 Å². The van der Waals surface area contributed by atoms with E-state index in [2.05, 4.69) is 69.4 Å². The summed E-state index contributed by atoms with van der Waals surface area (Å²) in [4.78, 5) is 46.4. The number of hydrogen-bond donors (Lipinski definition) is 2. The Kier molecular flexibility index (Phi) is 10.0. The minimum atomic E-state index is -0.594. The molecule has 0 radical (unpaired) electrons. The molecule has 3 amide bonds. The van der Waals surface area contributed by atoms with Crippen LogP contribution in [0, 0.1) is 5.92 Å². The molecule has 4 aromatic rings. The molecule has 4 aromatic carbocycles. The van der Waals surface area contributed by atoms with Crippen LogP contribution in [0.4, 0.5) is 11.4 Å². The van der Waals surface area contributed by atoms with Gasteiger partial charge in [0.05, 0.1) is 7.11 Å². The molecule has 5 aliphatic rings. The molecular formula is C46H51N5O6. The molecule has 57 heavy (non-hydrogen) atoms. The second-order valence-electron chi connectivity index (χ2n) is 16.4. The van der Waals surface area contributed by atoms with Gasteiger partial charge in [0.1, 0.15) is 29.4 Å². The van der Waals surface area contributed by atoms with E-state index in [4.69, 9.17) is 9.47 Å². The average molecular weight is 770 g/mol. The number of piperazine rings is 1. The number of phenols is 1. The lowest BCUT2D eigenvalue weighted by Gasteiger charge is -2.40. The molecule has 296 valence electrons. The van der Waals surface area contributed by atoms with Crippen LogP contribution in [-0.4, -0.2) is 97.7 Å². The Hall–Kier alpha value is -5.55. The molecule has 0 saturated carbocycles. The molecule has 0 bridgehead atoms. The molecule has 0 spiro atoms. The van der Waals surface area contributed by atoms with Gasteiger partial charge in [-0.25, -0.2) is 0 Å². The van der Waals surface area contributed by atoms with Gasteiger partial charge in [0.25, 0.3) is 5.91 Å². The van der Waals surface area contributed by atoms with Crippen LogP contribution in [0.15, 0.2) is 84.9 Å². The number of aromatic hydroxyl groups is 1. The summed E-state index contributed by atoms with van der Waals surface area (Å²) in [6.07, 6.45) is 2.85. The number of amides is 3. The van der Waals surface area contributed by atoms with Gasteiger partial charge in [0.15, 0.2) is 0 Å². The van der Waals surface area contributed by atoms with Gasteiger partial charge in [-0.15, -0.1) is 0 Å². The molecule has 5 aliphatic heterocycles. The van der Waals surface area contributed by atoms with Crippen molar-refractivity contribution in [3.05, 3.63) is 113 Å². The summed E-state index contributed by atoms with van der Waals surface area (Å²) >= 11 is 0. The highest BCUT2D eigenvalue weighted by molar-refractivity contribution is 6.05. The first-order chi connectivity index (χ1) is 27.7. The molecule has 11 nitrogen and oxygen atoms in total. The molecule has 4 atom stereocenters. The van der Waals surface area contributed by atoms with Crippen LogP contribution >= 0.6 is 0 Å². The number of fused-ring (bicyclic) bond motifs is 2. The van der Waals surface area contributed by atoms with Crippen molar-refractivity contribution in [1.82, 2.24) is 15.1 Å². The molecule has 0 aromatic heterocycles. The van der Waals surface area contributed by atoms with Crippen LogP contribution in [0.25, 0.3) is 0 Å². The topological polar surface area (TPSA) is 115 Å². The zero-order chi connectivity index (χ0) is 39.2. The van der Waals surface area contributed by atoms with Crippen molar-refractivity contribution in [3.8, 4) is 17.2 Å². The van der Waals surface area contributed by atoms with E-state index >= 15 is 0 Å². The number of methoxy groups -OCH3 is 1. The highest BCUT2D eigenvalue weighted by Crippen LogP contribution is 2.50. The van der Waals surface area contributed by atoms with Crippen LogP contribution in [-0.2, 0) is 16.1 Å². The van der Waals surface area contributed by atoms with E-state index in [1.165, 1.54) is 16.8 Å². The van der Waals surface area contributed by atoms with Crippen LogP contribution < -0.4 is 24.6 Å². The third-order valence-corrected chi connectivity index (χ3v) is 13.0. The van der Waals surface area contributed by atoms with E-state index in [0.29, 0.717) is 24.4 Å². The normalized spacial score (nSPS) is 24.2. The van der Waals surface area contributed by atoms with E-state index in [-0.39, 0.29) is 47.8 Å². The molecule has 9 rings (SSSR count). The molecular weight excluding hydrogens is 719 g/mol. The molecule has 5 heterocycles. The summed E-state index contributed by atoms with van der Waals surface area (Å²) in [6, 6.07) is 28.4. The van der Waals surface area contributed by atoms with Crippen molar-refractivity contribution < 1.29 is 29.0 Å². The smallest absolute Gasteiger partial charge is 0.255 e. The zero-order valence-electron chi connectivity index (χ0n) is 32.7. The number of nitrogens with one attached hydrogen (secondary N) is 1. The largest absolute Gasteiger partial charge is 0.508 e. The standard InChI is InChI=1S/C46H51N5O6/c1-29-43(32-4-3-5-37(25-32)56-2)44(39-13-11-36(52)26-41(39)57-29)31-6-8-34(9-7-31)49-18-16-30(17-19-49)27-48-20-22-50(23-21-48)35-10-12-38-33(24-35)28-51(46(38)55)40-14-15-42(53)47-45(40)54/h3-13,24-26,29-30,40,43-44,52H,14-23,27-28H2,1-2H3,(H,47,53,54)/t29-,40-,43+,44-/m0/s1. The predicted molar refractivity (Wildman–Crippen MR) is 218 cm³/mol. The highest BCUT2D eigenvalue weighted by Gasteiger charge is 2.40. The van der Waals surface area contributed by atoms with Gasteiger partial charge < -0.3 is 29.3 Å². The Morgan fingerprint density at radius 3 is 2.32 bits per heavy atom. The number of hydrogen-bond acceptors (Lipinski definition) is 9. The summed E-state index contributed by atoms with van der Waals surface area (Å²) in [7, 11) is 1.70. The van der Waals surface area contributed by atoms with Crippen molar-refractivity contribution in [2.24, 2.45) is 5.92 Å². The Morgan fingerprint density at radius 1 is 0.807 bits per heavy atom. The summed E-state index contributed by atoms with van der Waals surface area (Å²) in [5, 5.41) is 12.7. The van der Waals surface area contributed by atoms with Crippen molar-refractivity contribution in [3.63, 3.8) is 0 Å². The van der Waals surface area contributed by atoms with E-state index in [1.54, 1.807) is 24.1 Å². The molecule has 11 heteroatoms. The molecule has 3 saturated heterocycles. The van der Waals surface area contributed by atoms with Gasteiger partial charge in [-0.05, 0) is 97.3 Å². The number of rotatable bonds is 8. The van der Waals surface area contributed by atoms with E-state index in [9.17, 15) is 19.5 Å². The number of carbonyl (C=O) groups excluding carboxylic acids is 3. The number of ether oxygens (including phenoxy) is 2. The van der Waals surface area contributed by atoms with Crippen LogP contribution in [0.2, 0.25) is 0 Å². The lowest BCUT2D eigenvalue weighted by Crippen LogP contribution is -2.52. The number of carbonyl (C=O) groups is 3. The lowest BCUT2D eigenvalue weighted by molar-refractivity contribution is -0.136. The Balaban J connectivity index is 0.796. The van der Waals surface area contributed by atoms with Crippen LogP contribution in [0.3, 0.4) is 0 Å². The van der Waals surface area contributed by atoms with E-state index < -0.39 is 6.04 Å². The number of phenolic OH excluding ortho intramolecular Hbond substituents is 1. The number of piperidine rings is 2. The SMILES string of the molecule is COc1cccc([C@@H]2[C@@H](c3ccc(N4CCC(CN5CCN(c6ccc7c(c6)CN([C@H]6CCC(=O)NC6=O)C7=O)CC5)CC4)cc3)c3ccc(O)cc3O[C@H]2C)c1. The van der Waals surface area contributed by atoms with Crippen molar-refractivity contribution in [1.29, 1.82) is 0 Å². The lowest BCUT2D eigenvalue weighted by atomic mass is 9.73. The number of imide groups is 1. The van der Waals surface area contributed by atoms with Crippen molar-refractivity contribution in [2.75, 3.05) is 62.7 Å². The highest BCUT2D eigenvalue weighted by atomic mass is 16.5.